The van der Waals surface area contributed by atoms with Crippen LogP contribution < -0.4 is 10.1 Å². The van der Waals surface area contributed by atoms with Crippen molar-refractivity contribution in [2.24, 2.45) is 0 Å². The molecule has 0 radical (unpaired) electrons. The van der Waals surface area contributed by atoms with E-state index in [1.165, 1.54) is 31.5 Å². The van der Waals surface area contributed by atoms with Gasteiger partial charge in [0.25, 0.3) is 5.91 Å². The van der Waals surface area contributed by atoms with Gasteiger partial charge in [0.2, 0.25) is 0 Å². The van der Waals surface area contributed by atoms with Crippen LogP contribution >= 0.6 is 11.6 Å². The van der Waals surface area contributed by atoms with E-state index in [0.29, 0.717) is 28.8 Å². The fourth-order valence-corrected chi connectivity index (χ4v) is 5.47. The second kappa shape index (κ2) is 13.3. The molecule has 0 spiro atoms. The number of hydrogen-bond donors (Lipinski definition) is 1. The summed E-state index contributed by atoms with van der Waals surface area (Å²) in [5.41, 5.74) is 2.01. The van der Waals surface area contributed by atoms with Gasteiger partial charge in [0.15, 0.2) is 0 Å². The zero-order valence-electron chi connectivity index (χ0n) is 21.1. The van der Waals surface area contributed by atoms with Crippen LogP contribution in [0.25, 0.3) is 0 Å². The van der Waals surface area contributed by atoms with E-state index in [0.717, 1.165) is 51.9 Å². The lowest BCUT2D eigenvalue weighted by molar-refractivity contribution is 0.0949. The minimum Gasteiger partial charge on any atom is -0.489 e. The standard InChI is InChI=1S/C29H40ClN3O2/c1-2-23(24-9-4-3-5-10-24)22-33-19-13-26(14-20-33)35-28-12-11-25(21-27(28)30)29(34)31-15-8-18-32-16-6-7-17-32/h3-5,9-12,21,23,26H,2,6-8,13-20,22H2,1H3,(H,31,34). The van der Waals surface area contributed by atoms with E-state index < -0.39 is 0 Å². The van der Waals surface area contributed by atoms with Crippen LogP contribution in [0.15, 0.2) is 48.5 Å². The first-order valence-electron chi connectivity index (χ1n) is 13.4. The molecule has 4 rings (SSSR count). The van der Waals surface area contributed by atoms with E-state index in [1.807, 2.05) is 12.1 Å². The average molecular weight is 498 g/mol. The molecule has 0 bridgehead atoms. The van der Waals surface area contributed by atoms with Crippen molar-refractivity contribution >= 4 is 17.5 Å². The van der Waals surface area contributed by atoms with E-state index in [4.69, 9.17) is 16.3 Å². The Labute approximate surface area is 215 Å². The number of rotatable bonds is 11. The summed E-state index contributed by atoms with van der Waals surface area (Å²) in [5.74, 6) is 1.17. The van der Waals surface area contributed by atoms with E-state index in [9.17, 15) is 4.79 Å². The molecule has 6 heteroatoms. The summed E-state index contributed by atoms with van der Waals surface area (Å²) in [4.78, 5) is 17.5. The SMILES string of the molecule is CCC(CN1CCC(Oc2ccc(C(=O)NCCCN3CCCC3)cc2Cl)CC1)c1ccccc1. The molecular weight excluding hydrogens is 458 g/mol. The largest absolute Gasteiger partial charge is 0.489 e. The van der Waals surface area contributed by atoms with Crippen molar-refractivity contribution in [2.45, 2.75) is 57.5 Å². The van der Waals surface area contributed by atoms with Crippen molar-refractivity contribution in [3.05, 3.63) is 64.7 Å². The molecule has 2 aromatic carbocycles. The molecule has 1 atom stereocenters. The normalized spacial score (nSPS) is 18.5. The predicted octanol–water partition coefficient (Wildman–Crippen LogP) is 5.59. The molecule has 5 nitrogen and oxygen atoms in total. The number of carbonyl (C=O) groups excluding carboxylic acids is 1. The average Bonchev–Trinajstić information content (AvgIpc) is 3.41. The minimum absolute atomic E-state index is 0.0722. The monoisotopic (exact) mass is 497 g/mol. The third-order valence-corrected chi connectivity index (χ3v) is 7.70. The third-order valence-electron chi connectivity index (χ3n) is 7.40. The van der Waals surface area contributed by atoms with Gasteiger partial charge in [0.1, 0.15) is 11.9 Å². The molecule has 2 aliphatic heterocycles. The maximum atomic E-state index is 12.5. The first kappa shape index (κ1) is 26.0. The highest BCUT2D eigenvalue weighted by Gasteiger charge is 2.24. The van der Waals surface area contributed by atoms with Gasteiger partial charge in [0, 0.05) is 31.7 Å². The Balaban J connectivity index is 1.20. The molecule has 2 saturated heterocycles. The number of carbonyl (C=O) groups is 1. The van der Waals surface area contributed by atoms with Crippen molar-refractivity contribution in [3.63, 3.8) is 0 Å². The van der Waals surface area contributed by atoms with Gasteiger partial charge in [-0.3, -0.25) is 4.79 Å². The van der Waals surface area contributed by atoms with Crippen LogP contribution in [0.2, 0.25) is 5.02 Å². The Hall–Kier alpha value is -2.08. The summed E-state index contributed by atoms with van der Waals surface area (Å²) in [7, 11) is 0. The van der Waals surface area contributed by atoms with Crippen molar-refractivity contribution < 1.29 is 9.53 Å². The first-order valence-corrected chi connectivity index (χ1v) is 13.7. The fraction of sp³-hybridized carbons (Fsp3) is 0.552. The van der Waals surface area contributed by atoms with Crippen LogP contribution in [-0.4, -0.2) is 67.6 Å². The van der Waals surface area contributed by atoms with Gasteiger partial charge in [0.05, 0.1) is 5.02 Å². The third kappa shape index (κ3) is 7.70. The second-order valence-corrected chi connectivity index (χ2v) is 10.3. The van der Waals surface area contributed by atoms with Crippen LogP contribution in [0, 0.1) is 0 Å². The minimum atomic E-state index is -0.0722. The Kier molecular flexibility index (Phi) is 9.87. The van der Waals surface area contributed by atoms with Crippen molar-refractivity contribution in [2.75, 3.05) is 45.8 Å². The predicted molar refractivity (Wildman–Crippen MR) is 144 cm³/mol. The number of ether oxygens (including phenoxy) is 1. The summed E-state index contributed by atoms with van der Waals surface area (Å²) in [6.45, 7) is 9.55. The molecule has 1 amide bonds. The van der Waals surface area contributed by atoms with Gasteiger partial charge in [-0.1, -0.05) is 48.9 Å². The number of nitrogens with one attached hydrogen (secondary N) is 1. The summed E-state index contributed by atoms with van der Waals surface area (Å²) in [6, 6.07) is 16.2. The highest BCUT2D eigenvalue weighted by molar-refractivity contribution is 6.32. The van der Waals surface area contributed by atoms with Crippen molar-refractivity contribution in [1.29, 1.82) is 0 Å². The molecule has 2 fully saturated rings. The lowest BCUT2D eigenvalue weighted by Crippen LogP contribution is -2.40. The summed E-state index contributed by atoms with van der Waals surface area (Å²) >= 11 is 6.50. The first-order chi connectivity index (χ1) is 17.1. The lowest BCUT2D eigenvalue weighted by atomic mass is 9.95. The van der Waals surface area contributed by atoms with Crippen LogP contribution in [0.3, 0.4) is 0 Å². The Morgan fingerprint density at radius 3 is 2.49 bits per heavy atom. The Bertz CT molecular complexity index is 925. The highest BCUT2D eigenvalue weighted by atomic mass is 35.5. The van der Waals surface area contributed by atoms with Crippen LogP contribution in [0.1, 0.15) is 67.3 Å². The van der Waals surface area contributed by atoms with Gasteiger partial charge >= 0.3 is 0 Å². The molecule has 35 heavy (non-hydrogen) atoms. The lowest BCUT2D eigenvalue weighted by Gasteiger charge is -2.34. The molecule has 2 heterocycles. The van der Waals surface area contributed by atoms with E-state index in [1.54, 1.807) is 6.07 Å². The molecule has 0 aromatic heterocycles. The van der Waals surface area contributed by atoms with Crippen LogP contribution in [0.4, 0.5) is 0 Å². The van der Waals surface area contributed by atoms with Crippen molar-refractivity contribution in [3.8, 4) is 5.75 Å². The molecule has 1 N–H and O–H groups in total. The quantitative estimate of drug-likeness (QED) is 0.411. The molecule has 2 aliphatic rings. The summed E-state index contributed by atoms with van der Waals surface area (Å²) in [6.07, 6.45) is 6.85. The number of hydrogen-bond acceptors (Lipinski definition) is 4. The van der Waals surface area contributed by atoms with Gasteiger partial charge in [-0.15, -0.1) is 0 Å². The highest BCUT2D eigenvalue weighted by Crippen LogP contribution is 2.29. The van der Waals surface area contributed by atoms with Gasteiger partial charge in [-0.2, -0.15) is 0 Å². The maximum absolute atomic E-state index is 12.5. The summed E-state index contributed by atoms with van der Waals surface area (Å²) < 4.78 is 6.24. The molecule has 2 aromatic rings. The number of benzene rings is 2. The molecule has 0 aliphatic carbocycles. The van der Waals surface area contributed by atoms with Gasteiger partial charge < -0.3 is 19.9 Å². The maximum Gasteiger partial charge on any atom is 0.251 e. The number of nitrogens with zero attached hydrogens (tertiary/aromatic N) is 2. The van der Waals surface area contributed by atoms with Gasteiger partial charge in [-0.25, -0.2) is 0 Å². The van der Waals surface area contributed by atoms with Crippen LogP contribution in [-0.2, 0) is 0 Å². The number of piperidine rings is 1. The van der Waals surface area contributed by atoms with Crippen LogP contribution in [0.5, 0.6) is 5.75 Å². The summed E-state index contributed by atoms with van der Waals surface area (Å²) in [5, 5.41) is 3.52. The second-order valence-electron chi connectivity index (χ2n) is 9.94. The zero-order valence-corrected chi connectivity index (χ0v) is 21.8. The number of likely N-dealkylation sites (tertiary alicyclic amines) is 2. The zero-order chi connectivity index (χ0) is 24.5. The fourth-order valence-electron chi connectivity index (χ4n) is 5.25. The molecule has 0 saturated carbocycles. The Morgan fingerprint density at radius 2 is 1.80 bits per heavy atom. The molecule has 1 unspecified atom stereocenters. The topological polar surface area (TPSA) is 44.8 Å². The number of amides is 1. The molecular formula is C29H40ClN3O2. The van der Waals surface area contributed by atoms with E-state index in [2.05, 4.69) is 52.4 Å². The smallest absolute Gasteiger partial charge is 0.251 e. The van der Waals surface area contributed by atoms with Crippen molar-refractivity contribution in [1.82, 2.24) is 15.1 Å². The van der Waals surface area contributed by atoms with E-state index in [-0.39, 0.29) is 12.0 Å². The Morgan fingerprint density at radius 1 is 1.06 bits per heavy atom. The molecule has 190 valence electrons. The van der Waals surface area contributed by atoms with E-state index >= 15 is 0 Å². The number of halogens is 1. The van der Waals surface area contributed by atoms with Gasteiger partial charge in [-0.05, 0) is 87.8 Å².